The van der Waals surface area contributed by atoms with Crippen molar-refractivity contribution in [3.63, 3.8) is 0 Å². The molecule has 30 heavy (non-hydrogen) atoms. The fourth-order valence-corrected chi connectivity index (χ4v) is 4.32. The molecule has 0 aromatic heterocycles. The average Bonchev–Trinajstić information content (AvgIpc) is 2.96. The fourth-order valence-electron chi connectivity index (χ4n) is 3.74. The quantitative estimate of drug-likeness (QED) is 0.319. The van der Waals surface area contributed by atoms with Crippen LogP contribution in [-0.4, -0.2) is 93.8 Å². The van der Waals surface area contributed by atoms with E-state index in [2.05, 4.69) is 57.0 Å². The predicted molar refractivity (Wildman–Crippen MR) is 125 cm³/mol. The molecule has 1 aromatic rings. The number of hydrogen-bond acceptors (Lipinski definition) is 5. The maximum absolute atomic E-state index is 12.9. The first-order valence-corrected chi connectivity index (χ1v) is 11.9. The second-order valence-electron chi connectivity index (χ2n) is 7.89. The molecule has 1 aromatic carbocycles. The van der Waals surface area contributed by atoms with Crippen LogP contribution in [0.3, 0.4) is 0 Å². The van der Waals surface area contributed by atoms with E-state index < -0.39 is 0 Å². The first-order valence-electron chi connectivity index (χ1n) is 11.1. The molecule has 0 saturated carbocycles. The van der Waals surface area contributed by atoms with Crippen LogP contribution in [-0.2, 0) is 9.53 Å². The van der Waals surface area contributed by atoms with E-state index in [0.717, 1.165) is 74.7 Å². The zero-order chi connectivity index (χ0) is 21.3. The number of rotatable bonds is 10. The number of morpholine rings is 1. The summed E-state index contributed by atoms with van der Waals surface area (Å²) in [6.07, 6.45) is 6.60. The third kappa shape index (κ3) is 6.17. The molecule has 0 unspecified atom stereocenters. The Morgan fingerprint density at radius 2 is 1.83 bits per heavy atom. The van der Waals surface area contributed by atoms with Crippen LogP contribution in [0.5, 0.6) is 0 Å². The van der Waals surface area contributed by atoms with Gasteiger partial charge >= 0.3 is 158 Å². The molecule has 7 heteroatoms. The van der Waals surface area contributed by atoms with Crippen molar-refractivity contribution in [2.24, 2.45) is 0 Å². The molecule has 0 aliphatic carbocycles. The maximum atomic E-state index is 12.9. The molecular formula is C23H34N4O2Se. The number of likely N-dealkylation sites (N-methyl/N-ethyl adjacent to an activating group) is 1. The van der Waals surface area contributed by atoms with Crippen LogP contribution in [0.25, 0.3) is 6.08 Å². The van der Waals surface area contributed by atoms with Gasteiger partial charge in [0.2, 0.25) is 0 Å². The van der Waals surface area contributed by atoms with E-state index in [1.165, 1.54) is 12.8 Å². The zero-order valence-corrected chi connectivity index (χ0v) is 19.9. The summed E-state index contributed by atoms with van der Waals surface area (Å²) in [6, 6.07) is 8.29. The Labute approximate surface area is 188 Å². The number of carbonyl (C=O) groups excluding carboxylic acids is 1. The molecule has 2 heterocycles. The molecule has 2 aliphatic rings. The van der Waals surface area contributed by atoms with Crippen molar-refractivity contribution in [2.45, 2.75) is 32.6 Å². The van der Waals surface area contributed by atoms with Gasteiger partial charge < -0.3 is 4.74 Å². The molecule has 0 spiro atoms. The summed E-state index contributed by atoms with van der Waals surface area (Å²) in [5.41, 5.74) is 2.85. The van der Waals surface area contributed by atoms with Crippen LogP contribution in [0.2, 0.25) is 0 Å². The molecule has 2 saturated heterocycles. The van der Waals surface area contributed by atoms with Crippen LogP contribution in [0.1, 0.15) is 38.2 Å². The number of nitrogens with zero attached hydrogens (tertiary/aromatic N) is 3. The minimum absolute atomic E-state index is 0.0791. The molecule has 3 rings (SSSR count). The molecule has 2 aliphatic heterocycles. The number of amides is 1. The Kier molecular flexibility index (Phi) is 8.94. The van der Waals surface area contributed by atoms with Crippen molar-refractivity contribution >= 4 is 37.9 Å². The van der Waals surface area contributed by atoms with E-state index in [-0.39, 0.29) is 5.91 Å². The first kappa shape index (κ1) is 23.0. The van der Waals surface area contributed by atoms with Gasteiger partial charge in [-0.1, -0.05) is 0 Å². The van der Waals surface area contributed by atoms with Gasteiger partial charge in [0.25, 0.3) is 0 Å². The van der Waals surface area contributed by atoms with Gasteiger partial charge in [0.05, 0.1) is 13.2 Å². The number of ether oxygens (including phenoxy) is 1. The van der Waals surface area contributed by atoms with Crippen LogP contribution in [0.4, 0.5) is 5.69 Å². The number of anilines is 1. The second kappa shape index (κ2) is 11.7. The molecule has 0 radical (unpaired) electrons. The Morgan fingerprint density at radius 1 is 1.10 bits per heavy atom. The number of benzene rings is 1. The molecule has 6 nitrogen and oxygen atoms in total. The van der Waals surface area contributed by atoms with E-state index >= 15 is 0 Å². The topological polar surface area (TPSA) is 48.1 Å². The zero-order valence-electron chi connectivity index (χ0n) is 18.2. The van der Waals surface area contributed by atoms with Gasteiger partial charge in [0, 0.05) is 13.1 Å². The van der Waals surface area contributed by atoms with Gasteiger partial charge in [-0.25, -0.2) is 0 Å². The van der Waals surface area contributed by atoms with Crippen LogP contribution in [0, 0.1) is 0 Å². The second-order valence-corrected chi connectivity index (χ2v) is 8.66. The van der Waals surface area contributed by atoms with Gasteiger partial charge in [0.15, 0.2) is 0 Å². The summed E-state index contributed by atoms with van der Waals surface area (Å²) in [5, 5.41) is 3.48. The molecule has 1 N–H and O–H groups in total. The van der Waals surface area contributed by atoms with E-state index in [1.807, 2.05) is 22.9 Å². The van der Waals surface area contributed by atoms with E-state index in [1.54, 1.807) is 0 Å². The van der Waals surface area contributed by atoms with E-state index in [0.29, 0.717) is 5.70 Å². The molecule has 0 atom stereocenters. The normalized spacial score (nSPS) is 19.2. The summed E-state index contributed by atoms with van der Waals surface area (Å²) in [4.78, 5) is 19.1. The molecule has 0 bridgehead atoms. The van der Waals surface area contributed by atoms with Crippen molar-refractivity contribution in [2.75, 3.05) is 58.3 Å². The SMILES string of the molecule is CCCCCCN1C(=O)C(=Cc2ccc(NCCN3CCOCC3)cc2)N(C)C1=[Se]. The van der Waals surface area contributed by atoms with Gasteiger partial charge in [0.1, 0.15) is 0 Å². The predicted octanol–water partition coefficient (Wildman–Crippen LogP) is 2.38. The van der Waals surface area contributed by atoms with Gasteiger partial charge in [-0.2, -0.15) is 0 Å². The van der Waals surface area contributed by atoms with Crippen molar-refractivity contribution in [1.82, 2.24) is 14.7 Å². The van der Waals surface area contributed by atoms with Crippen molar-refractivity contribution in [3.05, 3.63) is 35.5 Å². The number of carbonyl (C=O) groups is 1. The fraction of sp³-hybridized carbons (Fsp3) is 0.565. The Morgan fingerprint density at radius 3 is 2.53 bits per heavy atom. The molecule has 1 amide bonds. The average molecular weight is 478 g/mol. The van der Waals surface area contributed by atoms with Crippen LogP contribution in [0.15, 0.2) is 30.0 Å². The summed E-state index contributed by atoms with van der Waals surface area (Å²) < 4.78 is 6.28. The van der Waals surface area contributed by atoms with Gasteiger partial charge in [-0.15, -0.1) is 0 Å². The van der Waals surface area contributed by atoms with E-state index in [9.17, 15) is 4.79 Å². The number of unbranched alkanes of at least 4 members (excludes halogenated alkanes) is 3. The first-order chi connectivity index (χ1) is 14.6. The Bertz CT molecular complexity index is 744. The number of hydrogen-bond donors (Lipinski definition) is 1. The van der Waals surface area contributed by atoms with Crippen molar-refractivity contribution < 1.29 is 9.53 Å². The minimum atomic E-state index is 0.0791. The summed E-state index contributed by atoms with van der Waals surface area (Å²) >= 11 is 3.07. The van der Waals surface area contributed by atoms with Crippen LogP contribution >= 0.6 is 0 Å². The third-order valence-electron chi connectivity index (χ3n) is 5.65. The van der Waals surface area contributed by atoms with Gasteiger partial charge in [-0.05, 0) is 0 Å². The Hall–Kier alpha value is -1.66. The number of nitrogens with one attached hydrogen (secondary N) is 1. The van der Waals surface area contributed by atoms with Crippen molar-refractivity contribution in [1.29, 1.82) is 0 Å². The summed E-state index contributed by atoms with van der Waals surface area (Å²) in [7, 11) is 1.95. The summed E-state index contributed by atoms with van der Waals surface area (Å²) in [6.45, 7) is 8.61. The molecule has 164 valence electrons. The summed E-state index contributed by atoms with van der Waals surface area (Å²) in [5.74, 6) is 0.0791. The Balaban J connectivity index is 1.53. The standard InChI is InChI=1S/C23H34N4O2Se/c1-3-4-5-6-12-27-22(28)21(25(2)23(27)30)18-19-7-9-20(10-8-19)24-11-13-26-14-16-29-17-15-26/h7-10,18,24H,3-6,11-17H2,1-2H3. The third-order valence-corrected chi connectivity index (χ3v) is 6.69. The van der Waals surface area contributed by atoms with Gasteiger partial charge in [-0.3, -0.25) is 0 Å². The molecule has 2 fully saturated rings. The van der Waals surface area contributed by atoms with E-state index in [4.69, 9.17) is 4.74 Å². The van der Waals surface area contributed by atoms with Crippen molar-refractivity contribution in [3.8, 4) is 0 Å². The molecular weight excluding hydrogens is 443 g/mol. The monoisotopic (exact) mass is 478 g/mol. The van der Waals surface area contributed by atoms with Crippen LogP contribution < -0.4 is 5.32 Å².